The van der Waals surface area contributed by atoms with Gasteiger partial charge in [-0.15, -0.1) is 0 Å². The van der Waals surface area contributed by atoms with Crippen LogP contribution in [0.3, 0.4) is 0 Å². The van der Waals surface area contributed by atoms with E-state index in [0.717, 1.165) is 0 Å². The third kappa shape index (κ3) is 8.80. The molecular formula is C18H39N3. The third-order valence-electron chi connectivity index (χ3n) is 4.43. The molecule has 0 N–H and O–H groups in total. The molecule has 1 rings (SSSR count). The van der Waals surface area contributed by atoms with E-state index in [2.05, 4.69) is 35.5 Å². The van der Waals surface area contributed by atoms with Crippen molar-refractivity contribution in [3.05, 3.63) is 0 Å². The first-order valence-electron chi connectivity index (χ1n) is 9.47. The summed E-state index contributed by atoms with van der Waals surface area (Å²) in [6.07, 6.45) is 12.2. The lowest BCUT2D eigenvalue weighted by atomic mass is 10.2. The van der Waals surface area contributed by atoms with Crippen molar-refractivity contribution in [2.24, 2.45) is 0 Å². The van der Waals surface area contributed by atoms with Crippen molar-refractivity contribution < 1.29 is 0 Å². The second-order valence-electron chi connectivity index (χ2n) is 6.73. The van der Waals surface area contributed by atoms with Crippen LogP contribution in [0.4, 0.5) is 0 Å². The van der Waals surface area contributed by atoms with Gasteiger partial charge in [0.05, 0.1) is 20.0 Å². The van der Waals surface area contributed by atoms with E-state index in [0.29, 0.717) is 0 Å². The third-order valence-corrected chi connectivity index (χ3v) is 4.43. The first-order chi connectivity index (χ1) is 10.3. The zero-order valence-corrected chi connectivity index (χ0v) is 14.9. The smallest absolute Gasteiger partial charge is 0.0529 e. The maximum atomic E-state index is 2.66. The molecule has 1 aliphatic rings. The predicted octanol–water partition coefficient (Wildman–Crippen LogP) is 4.35. The van der Waals surface area contributed by atoms with Crippen molar-refractivity contribution in [2.45, 2.75) is 78.6 Å². The molecule has 0 radical (unpaired) electrons. The first-order valence-corrected chi connectivity index (χ1v) is 9.47. The second kappa shape index (κ2) is 12.4. The molecule has 0 unspecified atom stereocenters. The Hall–Kier alpha value is -0.120. The molecule has 1 aliphatic heterocycles. The fourth-order valence-electron chi connectivity index (χ4n) is 3.16. The summed E-state index contributed by atoms with van der Waals surface area (Å²) in [4.78, 5) is 7.99. The van der Waals surface area contributed by atoms with Crippen molar-refractivity contribution in [2.75, 3.05) is 39.6 Å². The Morgan fingerprint density at radius 1 is 0.476 bits per heavy atom. The molecule has 3 heteroatoms. The van der Waals surface area contributed by atoms with E-state index < -0.39 is 0 Å². The van der Waals surface area contributed by atoms with E-state index in [-0.39, 0.29) is 0 Å². The highest BCUT2D eigenvalue weighted by Crippen LogP contribution is 2.12. The highest BCUT2D eigenvalue weighted by Gasteiger charge is 2.22. The molecule has 0 aromatic carbocycles. The van der Waals surface area contributed by atoms with Gasteiger partial charge in [-0.3, -0.25) is 14.7 Å². The molecule has 0 aromatic heterocycles. The van der Waals surface area contributed by atoms with Crippen molar-refractivity contribution in [1.29, 1.82) is 0 Å². The molecule has 0 aliphatic carbocycles. The Morgan fingerprint density at radius 3 is 1.00 bits per heavy atom. The lowest BCUT2D eigenvalue weighted by Gasteiger charge is -2.42. The average Bonchev–Trinajstić information content (AvgIpc) is 2.48. The van der Waals surface area contributed by atoms with Crippen LogP contribution in [0.2, 0.25) is 0 Å². The number of rotatable bonds is 12. The van der Waals surface area contributed by atoms with Crippen molar-refractivity contribution in [3.63, 3.8) is 0 Å². The van der Waals surface area contributed by atoms with Gasteiger partial charge >= 0.3 is 0 Å². The Labute approximate surface area is 133 Å². The summed E-state index contributed by atoms with van der Waals surface area (Å²) in [5.74, 6) is 0. The molecule has 0 bridgehead atoms. The van der Waals surface area contributed by atoms with Gasteiger partial charge in [0.1, 0.15) is 0 Å². The predicted molar refractivity (Wildman–Crippen MR) is 93.3 cm³/mol. The highest BCUT2D eigenvalue weighted by molar-refractivity contribution is 4.70. The van der Waals surface area contributed by atoms with Crippen LogP contribution < -0.4 is 0 Å². The SMILES string of the molecule is CCCCCN1CN(CCCCC)CN(CCCCC)C1. The summed E-state index contributed by atoms with van der Waals surface area (Å²) in [6.45, 7) is 14.3. The van der Waals surface area contributed by atoms with Crippen LogP contribution in [-0.2, 0) is 0 Å². The van der Waals surface area contributed by atoms with Gasteiger partial charge in [-0.25, -0.2) is 0 Å². The van der Waals surface area contributed by atoms with E-state index in [4.69, 9.17) is 0 Å². The Morgan fingerprint density at radius 2 is 0.762 bits per heavy atom. The van der Waals surface area contributed by atoms with Crippen LogP contribution >= 0.6 is 0 Å². The van der Waals surface area contributed by atoms with Crippen molar-refractivity contribution >= 4 is 0 Å². The van der Waals surface area contributed by atoms with Crippen LogP contribution in [0.1, 0.15) is 78.6 Å². The summed E-state index contributed by atoms with van der Waals surface area (Å²) in [7, 11) is 0. The van der Waals surface area contributed by atoms with Crippen LogP contribution in [-0.4, -0.2) is 54.3 Å². The number of unbranched alkanes of at least 4 members (excludes halogenated alkanes) is 6. The molecule has 21 heavy (non-hydrogen) atoms. The molecule has 1 fully saturated rings. The zero-order valence-electron chi connectivity index (χ0n) is 14.9. The molecule has 0 saturated carbocycles. The Balaban J connectivity index is 2.35. The summed E-state index contributed by atoms with van der Waals surface area (Å²) in [5, 5.41) is 0. The first kappa shape index (κ1) is 18.9. The van der Waals surface area contributed by atoms with E-state index in [1.54, 1.807) is 0 Å². The normalized spacial score (nSPS) is 18.4. The van der Waals surface area contributed by atoms with Gasteiger partial charge in [0.15, 0.2) is 0 Å². The molecule has 126 valence electrons. The van der Waals surface area contributed by atoms with Crippen LogP contribution in [0.5, 0.6) is 0 Å². The molecule has 0 aromatic rings. The highest BCUT2D eigenvalue weighted by atomic mass is 15.5. The largest absolute Gasteiger partial charge is 0.277 e. The lowest BCUT2D eigenvalue weighted by Crippen LogP contribution is -2.55. The van der Waals surface area contributed by atoms with Crippen molar-refractivity contribution in [1.82, 2.24) is 14.7 Å². The Bertz CT molecular complexity index is 188. The van der Waals surface area contributed by atoms with Crippen molar-refractivity contribution in [3.8, 4) is 0 Å². The van der Waals surface area contributed by atoms with Gasteiger partial charge in [0.25, 0.3) is 0 Å². The second-order valence-corrected chi connectivity index (χ2v) is 6.73. The van der Waals surface area contributed by atoms with Gasteiger partial charge in [-0.05, 0) is 19.3 Å². The minimum Gasteiger partial charge on any atom is -0.277 e. The number of hydrogen-bond acceptors (Lipinski definition) is 3. The molecular weight excluding hydrogens is 258 g/mol. The van der Waals surface area contributed by atoms with E-state index in [1.165, 1.54) is 97.4 Å². The van der Waals surface area contributed by atoms with Crippen LogP contribution in [0.15, 0.2) is 0 Å². The molecule has 1 saturated heterocycles. The minimum atomic E-state index is 1.19. The standard InChI is InChI=1S/C18H39N3/c1-4-7-10-13-19-16-20(14-11-8-5-2)18-21(17-19)15-12-9-6-3/h4-18H2,1-3H3. The molecule has 1 heterocycles. The fraction of sp³-hybridized carbons (Fsp3) is 1.00. The quantitative estimate of drug-likeness (QED) is 0.496. The molecule has 0 spiro atoms. The van der Waals surface area contributed by atoms with E-state index in [1.807, 2.05) is 0 Å². The fourth-order valence-corrected chi connectivity index (χ4v) is 3.16. The topological polar surface area (TPSA) is 9.72 Å². The van der Waals surface area contributed by atoms with Crippen LogP contribution in [0, 0.1) is 0 Å². The lowest BCUT2D eigenvalue weighted by molar-refractivity contribution is -0.0310. The maximum Gasteiger partial charge on any atom is 0.0529 e. The summed E-state index contributed by atoms with van der Waals surface area (Å²) >= 11 is 0. The van der Waals surface area contributed by atoms with Gasteiger partial charge < -0.3 is 0 Å². The average molecular weight is 298 g/mol. The van der Waals surface area contributed by atoms with Gasteiger partial charge in [0, 0.05) is 19.6 Å². The van der Waals surface area contributed by atoms with Gasteiger partial charge in [0.2, 0.25) is 0 Å². The minimum absolute atomic E-state index is 1.19. The maximum absolute atomic E-state index is 2.66. The zero-order chi connectivity index (χ0) is 15.3. The van der Waals surface area contributed by atoms with Gasteiger partial charge in [-0.2, -0.15) is 0 Å². The monoisotopic (exact) mass is 297 g/mol. The molecule has 3 nitrogen and oxygen atoms in total. The number of hydrogen-bond donors (Lipinski definition) is 0. The molecule has 0 atom stereocenters. The van der Waals surface area contributed by atoms with E-state index >= 15 is 0 Å². The summed E-state index contributed by atoms with van der Waals surface area (Å²) < 4.78 is 0. The van der Waals surface area contributed by atoms with Gasteiger partial charge in [-0.1, -0.05) is 59.3 Å². The summed E-state index contributed by atoms with van der Waals surface area (Å²) in [5.41, 5.74) is 0. The number of nitrogens with zero attached hydrogens (tertiary/aromatic N) is 3. The summed E-state index contributed by atoms with van der Waals surface area (Å²) in [6, 6.07) is 0. The molecule has 0 amide bonds. The van der Waals surface area contributed by atoms with Crippen LogP contribution in [0.25, 0.3) is 0 Å². The van der Waals surface area contributed by atoms with E-state index in [9.17, 15) is 0 Å². The Kier molecular flexibility index (Phi) is 11.2.